The summed E-state index contributed by atoms with van der Waals surface area (Å²) >= 11 is 0. The highest BCUT2D eigenvalue weighted by atomic mass is 127. The van der Waals surface area contributed by atoms with E-state index in [1.807, 2.05) is 28.8 Å². The Bertz CT molecular complexity index is 757. The first-order valence-corrected chi connectivity index (χ1v) is 9.19. The molecule has 0 radical (unpaired) electrons. The van der Waals surface area contributed by atoms with E-state index in [2.05, 4.69) is 25.8 Å². The van der Waals surface area contributed by atoms with Gasteiger partial charge in [-0.25, -0.2) is 0 Å². The number of nitrogens with one attached hydrogen (secondary N) is 2. The molecule has 3 rings (SSSR count). The molecule has 0 aromatic carbocycles. The molecule has 2 aromatic rings. The molecule has 148 valence electrons. The fraction of sp³-hybridized carbons (Fsp3) is 0.556. The van der Waals surface area contributed by atoms with Crippen LogP contribution in [0.15, 0.2) is 29.4 Å². The fourth-order valence-corrected chi connectivity index (χ4v) is 3.09. The van der Waals surface area contributed by atoms with Crippen molar-refractivity contribution in [3.63, 3.8) is 0 Å². The normalized spacial score (nSPS) is 14.8. The van der Waals surface area contributed by atoms with Crippen molar-refractivity contribution in [2.24, 2.45) is 4.99 Å². The number of esters is 1. The molecule has 0 amide bonds. The maximum Gasteiger partial charge on any atom is 0.306 e. The highest BCUT2D eigenvalue weighted by molar-refractivity contribution is 14.0. The average Bonchev–Trinajstić information content (AvgIpc) is 3.31. The Labute approximate surface area is 176 Å². The van der Waals surface area contributed by atoms with Gasteiger partial charge in [-0.2, -0.15) is 0 Å². The molecular formula is C18H27IN6O2. The van der Waals surface area contributed by atoms with Gasteiger partial charge in [0, 0.05) is 26.2 Å². The molecule has 1 aliphatic rings. The third-order valence-corrected chi connectivity index (χ3v) is 4.47. The molecule has 2 heterocycles. The quantitative estimate of drug-likeness (QED) is 0.205. The number of hydrogen-bond acceptors (Lipinski definition) is 5. The largest absolute Gasteiger partial charge is 0.462 e. The van der Waals surface area contributed by atoms with Gasteiger partial charge in [-0.3, -0.25) is 14.2 Å². The first-order chi connectivity index (χ1) is 12.8. The lowest BCUT2D eigenvalue weighted by Crippen LogP contribution is -2.37. The summed E-state index contributed by atoms with van der Waals surface area (Å²) < 4.78 is 7.38. The van der Waals surface area contributed by atoms with Crippen LogP contribution in [0.2, 0.25) is 0 Å². The van der Waals surface area contributed by atoms with Gasteiger partial charge in [0.25, 0.3) is 0 Å². The van der Waals surface area contributed by atoms with Gasteiger partial charge in [0.15, 0.2) is 17.4 Å². The van der Waals surface area contributed by atoms with Crippen LogP contribution < -0.4 is 10.6 Å². The zero-order valence-electron chi connectivity index (χ0n) is 15.6. The summed E-state index contributed by atoms with van der Waals surface area (Å²) in [5.74, 6) is 1.38. The van der Waals surface area contributed by atoms with Gasteiger partial charge in [0.05, 0.1) is 6.54 Å². The van der Waals surface area contributed by atoms with Crippen LogP contribution in [0.25, 0.3) is 5.65 Å². The van der Waals surface area contributed by atoms with Crippen LogP contribution in [0.1, 0.15) is 44.3 Å². The van der Waals surface area contributed by atoms with Crippen molar-refractivity contribution in [2.75, 3.05) is 13.6 Å². The standard InChI is InChI=1S/C18H26N6O2.HI/c1-19-18(20-11-6-10-17(25)26-14-7-2-3-8-14)21-13-16-23-22-15-9-4-5-12-24(15)16;/h4-5,9,12,14H,2-3,6-8,10-11,13H2,1H3,(H2,19,20,21);1H. The molecule has 1 saturated carbocycles. The summed E-state index contributed by atoms with van der Waals surface area (Å²) in [5, 5.41) is 14.7. The van der Waals surface area contributed by atoms with Crippen molar-refractivity contribution in [1.82, 2.24) is 25.2 Å². The minimum absolute atomic E-state index is 0. The smallest absolute Gasteiger partial charge is 0.306 e. The van der Waals surface area contributed by atoms with Gasteiger partial charge < -0.3 is 15.4 Å². The molecule has 9 heteroatoms. The summed E-state index contributed by atoms with van der Waals surface area (Å²) in [4.78, 5) is 16.0. The number of halogens is 1. The van der Waals surface area contributed by atoms with Crippen LogP contribution in [0.5, 0.6) is 0 Å². The number of carbonyl (C=O) groups is 1. The van der Waals surface area contributed by atoms with Gasteiger partial charge >= 0.3 is 5.97 Å². The van der Waals surface area contributed by atoms with E-state index in [9.17, 15) is 4.79 Å². The lowest BCUT2D eigenvalue weighted by molar-refractivity contribution is -0.148. The lowest BCUT2D eigenvalue weighted by atomic mass is 10.3. The highest BCUT2D eigenvalue weighted by Crippen LogP contribution is 2.21. The zero-order valence-corrected chi connectivity index (χ0v) is 17.9. The molecule has 0 bridgehead atoms. The number of guanidine groups is 1. The Morgan fingerprint density at radius 2 is 2.11 bits per heavy atom. The number of carbonyl (C=O) groups excluding carboxylic acids is 1. The van der Waals surface area contributed by atoms with E-state index in [1.54, 1.807) is 7.05 Å². The number of pyridine rings is 1. The fourth-order valence-electron chi connectivity index (χ4n) is 3.09. The van der Waals surface area contributed by atoms with Gasteiger partial charge in [0.1, 0.15) is 6.10 Å². The van der Waals surface area contributed by atoms with Crippen LogP contribution in [0, 0.1) is 0 Å². The van der Waals surface area contributed by atoms with Crippen molar-refractivity contribution in [3.05, 3.63) is 30.2 Å². The van der Waals surface area contributed by atoms with E-state index in [-0.39, 0.29) is 36.0 Å². The topological polar surface area (TPSA) is 92.9 Å². The van der Waals surface area contributed by atoms with Crippen LogP contribution in [0.4, 0.5) is 0 Å². The Morgan fingerprint density at radius 3 is 2.89 bits per heavy atom. The van der Waals surface area contributed by atoms with E-state index in [0.717, 1.165) is 24.3 Å². The number of nitrogens with zero attached hydrogens (tertiary/aromatic N) is 4. The van der Waals surface area contributed by atoms with E-state index < -0.39 is 0 Å². The maximum atomic E-state index is 11.8. The van der Waals surface area contributed by atoms with Crippen molar-refractivity contribution in [2.45, 2.75) is 51.2 Å². The van der Waals surface area contributed by atoms with Crippen LogP contribution in [-0.4, -0.2) is 46.2 Å². The second-order valence-electron chi connectivity index (χ2n) is 6.40. The Morgan fingerprint density at radius 1 is 1.30 bits per heavy atom. The van der Waals surface area contributed by atoms with E-state index in [1.165, 1.54) is 12.8 Å². The van der Waals surface area contributed by atoms with Gasteiger partial charge in [-0.15, -0.1) is 34.2 Å². The minimum Gasteiger partial charge on any atom is -0.462 e. The summed E-state index contributed by atoms with van der Waals surface area (Å²) in [6.07, 6.45) is 7.57. The molecular weight excluding hydrogens is 459 g/mol. The SMILES string of the molecule is CN=C(NCCCC(=O)OC1CCCC1)NCc1nnc2ccccn12.I. The molecule has 27 heavy (non-hydrogen) atoms. The second-order valence-corrected chi connectivity index (χ2v) is 6.40. The third kappa shape index (κ3) is 6.33. The van der Waals surface area contributed by atoms with Gasteiger partial charge in [0.2, 0.25) is 0 Å². The predicted molar refractivity (Wildman–Crippen MR) is 114 cm³/mol. The van der Waals surface area contributed by atoms with Crippen LogP contribution in [0.3, 0.4) is 0 Å². The Kier molecular flexibility index (Phi) is 8.76. The molecule has 0 aliphatic heterocycles. The van der Waals surface area contributed by atoms with E-state index in [0.29, 0.717) is 31.9 Å². The van der Waals surface area contributed by atoms with E-state index >= 15 is 0 Å². The number of ether oxygens (including phenoxy) is 1. The Balaban J connectivity index is 0.00000261. The molecule has 8 nitrogen and oxygen atoms in total. The first-order valence-electron chi connectivity index (χ1n) is 9.19. The molecule has 0 unspecified atom stereocenters. The molecule has 0 spiro atoms. The molecule has 2 aromatic heterocycles. The highest BCUT2D eigenvalue weighted by Gasteiger charge is 2.18. The van der Waals surface area contributed by atoms with E-state index in [4.69, 9.17) is 4.74 Å². The van der Waals surface area contributed by atoms with Gasteiger partial charge in [-0.05, 0) is 44.2 Å². The van der Waals surface area contributed by atoms with Crippen molar-refractivity contribution < 1.29 is 9.53 Å². The van der Waals surface area contributed by atoms with Crippen LogP contribution >= 0.6 is 24.0 Å². The van der Waals surface area contributed by atoms with Crippen molar-refractivity contribution >= 4 is 41.6 Å². The number of aliphatic imine (C=N–C) groups is 1. The number of fused-ring (bicyclic) bond motifs is 1. The molecule has 1 aliphatic carbocycles. The summed E-state index contributed by atoms with van der Waals surface area (Å²) in [5.41, 5.74) is 0.813. The number of aromatic nitrogens is 3. The molecule has 0 atom stereocenters. The predicted octanol–water partition coefficient (Wildman–Crippen LogP) is 2.28. The van der Waals surface area contributed by atoms with Crippen LogP contribution in [-0.2, 0) is 16.1 Å². The molecule has 1 fully saturated rings. The van der Waals surface area contributed by atoms with Gasteiger partial charge in [-0.1, -0.05) is 6.07 Å². The Hall–Kier alpha value is -1.91. The molecule has 0 saturated heterocycles. The third-order valence-electron chi connectivity index (χ3n) is 4.47. The summed E-state index contributed by atoms with van der Waals surface area (Å²) in [7, 11) is 1.71. The van der Waals surface area contributed by atoms with Crippen molar-refractivity contribution in [3.8, 4) is 0 Å². The first kappa shape index (κ1) is 21.4. The van der Waals surface area contributed by atoms with Crippen molar-refractivity contribution in [1.29, 1.82) is 0 Å². The average molecular weight is 486 g/mol. The summed E-state index contributed by atoms with van der Waals surface area (Å²) in [6, 6.07) is 5.78. The lowest BCUT2D eigenvalue weighted by Gasteiger charge is -2.13. The number of rotatable bonds is 7. The zero-order chi connectivity index (χ0) is 18.2. The minimum atomic E-state index is -0.100. The molecule has 2 N–H and O–H groups in total. The maximum absolute atomic E-state index is 11.8. The monoisotopic (exact) mass is 486 g/mol. The second kappa shape index (κ2) is 11.1. The number of hydrogen-bond donors (Lipinski definition) is 2. The summed E-state index contributed by atoms with van der Waals surface area (Å²) in [6.45, 7) is 1.16.